The first-order valence-electron chi connectivity index (χ1n) is 13.4. The maximum absolute atomic E-state index is 14.1. The molecule has 4 rings (SSSR count). The smallest absolute Gasteiger partial charge is 0.245 e. The van der Waals surface area contributed by atoms with E-state index in [1.807, 2.05) is 44.2 Å². The molecule has 8 nitrogen and oxygen atoms in total. The number of halogens is 1. The first kappa shape index (κ1) is 30.0. The molecular formula is C30H36ClN3O5S. The summed E-state index contributed by atoms with van der Waals surface area (Å²) in [7, 11) is -2.51. The highest BCUT2D eigenvalue weighted by atomic mass is 35.5. The highest BCUT2D eigenvalue weighted by molar-refractivity contribution is 7.89. The molecule has 0 radical (unpaired) electrons. The van der Waals surface area contributed by atoms with E-state index < -0.39 is 22.1 Å². The van der Waals surface area contributed by atoms with E-state index in [0.29, 0.717) is 18.2 Å². The number of benzene rings is 3. The third-order valence-corrected chi connectivity index (χ3v) is 9.47. The van der Waals surface area contributed by atoms with E-state index in [1.54, 1.807) is 55.3 Å². The molecule has 0 unspecified atom stereocenters. The number of rotatable bonds is 11. The molecule has 40 heavy (non-hydrogen) atoms. The zero-order valence-electron chi connectivity index (χ0n) is 23.3. The molecular weight excluding hydrogens is 550 g/mol. The highest BCUT2D eigenvalue weighted by Gasteiger charge is 2.45. The van der Waals surface area contributed by atoms with Crippen LogP contribution in [0.1, 0.15) is 32.8 Å². The molecule has 10 heteroatoms. The molecule has 1 heterocycles. The van der Waals surface area contributed by atoms with Gasteiger partial charge in [-0.25, -0.2) is 8.42 Å². The molecule has 2 amide bonds. The molecule has 0 N–H and O–H groups in total. The highest BCUT2D eigenvalue weighted by Crippen LogP contribution is 2.30. The number of ether oxygens (including phenoxy) is 1. The van der Waals surface area contributed by atoms with Crippen LogP contribution in [0.15, 0.2) is 71.6 Å². The predicted octanol–water partition coefficient (Wildman–Crippen LogP) is 4.56. The number of carbonyl (C=O) groups is 2. The van der Waals surface area contributed by atoms with Gasteiger partial charge in [0.2, 0.25) is 21.8 Å². The van der Waals surface area contributed by atoms with Crippen LogP contribution in [0, 0.1) is 0 Å². The van der Waals surface area contributed by atoms with Gasteiger partial charge in [0.05, 0.1) is 11.5 Å². The third kappa shape index (κ3) is 6.33. The molecule has 1 saturated heterocycles. The summed E-state index contributed by atoms with van der Waals surface area (Å²) in [5.74, 6) is -0.560. The monoisotopic (exact) mass is 585 g/mol. The zero-order chi connectivity index (χ0) is 29.0. The summed E-state index contributed by atoms with van der Waals surface area (Å²) in [5.41, 5.74) is 0.763. The van der Waals surface area contributed by atoms with Crippen LogP contribution in [0.5, 0.6) is 0 Å². The number of sulfonamides is 1. The lowest BCUT2D eigenvalue weighted by Gasteiger charge is -2.33. The molecule has 2 atom stereocenters. The Morgan fingerprint density at radius 3 is 2.40 bits per heavy atom. The van der Waals surface area contributed by atoms with Gasteiger partial charge >= 0.3 is 0 Å². The number of fused-ring (bicyclic) bond motifs is 1. The van der Waals surface area contributed by atoms with Crippen LogP contribution in [-0.2, 0) is 30.9 Å². The zero-order valence-corrected chi connectivity index (χ0v) is 24.9. The Kier molecular flexibility index (Phi) is 9.51. The van der Waals surface area contributed by atoms with E-state index >= 15 is 0 Å². The van der Waals surface area contributed by atoms with Gasteiger partial charge in [0.1, 0.15) is 12.1 Å². The first-order chi connectivity index (χ1) is 19.0. The van der Waals surface area contributed by atoms with Crippen molar-refractivity contribution in [2.75, 3.05) is 26.8 Å². The molecule has 0 spiro atoms. The van der Waals surface area contributed by atoms with Crippen molar-refractivity contribution in [1.82, 2.24) is 14.1 Å². The van der Waals surface area contributed by atoms with Crippen molar-refractivity contribution in [3.63, 3.8) is 0 Å². The van der Waals surface area contributed by atoms with E-state index in [0.717, 1.165) is 16.3 Å². The Morgan fingerprint density at radius 2 is 1.73 bits per heavy atom. The molecule has 3 aromatic carbocycles. The summed E-state index contributed by atoms with van der Waals surface area (Å²) >= 11 is 6.11. The van der Waals surface area contributed by atoms with Gasteiger partial charge in [0.25, 0.3) is 0 Å². The van der Waals surface area contributed by atoms with Gasteiger partial charge in [-0.3, -0.25) is 9.59 Å². The number of carbonyl (C=O) groups excluding carboxylic acids is 2. The number of methoxy groups -OCH3 is 1. The van der Waals surface area contributed by atoms with Gasteiger partial charge in [0.15, 0.2) is 0 Å². The molecule has 1 aliphatic rings. The Morgan fingerprint density at radius 1 is 1.05 bits per heavy atom. The fraction of sp³-hybridized carbons (Fsp3) is 0.400. The number of likely N-dealkylation sites (tertiary alicyclic amines) is 1. The van der Waals surface area contributed by atoms with Gasteiger partial charge in [-0.15, -0.1) is 0 Å². The minimum absolute atomic E-state index is 0.0281. The molecule has 214 valence electrons. The van der Waals surface area contributed by atoms with Crippen molar-refractivity contribution in [2.24, 2.45) is 0 Å². The normalized spacial score (nSPS) is 16.7. The Bertz CT molecular complexity index is 1460. The second kappa shape index (κ2) is 12.7. The standard InChI is InChI=1S/C30H36ClN3O5S/c1-21(2)32(16-17-39-4)29(35)22(3)33-15-14-28(30(33)36)34(20-23-8-6-5-7-9-23)40(37,38)27-13-11-24-18-26(31)12-10-25(24)19-27/h5-13,18-19,21-22,28H,14-17,20H2,1-4H3/t22-,28-/m0/s1. The second-order valence-corrected chi connectivity index (χ2v) is 12.6. The number of amides is 2. The molecule has 0 aromatic heterocycles. The largest absolute Gasteiger partial charge is 0.383 e. The quantitative estimate of drug-likeness (QED) is 0.329. The van der Waals surface area contributed by atoms with E-state index in [2.05, 4.69) is 0 Å². The topological polar surface area (TPSA) is 87.2 Å². The summed E-state index contributed by atoms with van der Waals surface area (Å²) in [6, 6.07) is 17.6. The lowest BCUT2D eigenvalue weighted by atomic mass is 10.1. The van der Waals surface area contributed by atoms with Crippen molar-refractivity contribution >= 4 is 44.2 Å². The minimum atomic E-state index is -4.09. The molecule has 3 aromatic rings. The number of hydrogen-bond donors (Lipinski definition) is 0. The van der Waals surface area contributed by atoms with Crippen LogP contribution in [0.4, 0.5) is 0 Å². The molecule has 0 aliphatic carbocycles. The first-order valence-corrected chi connectivity index (χ1v) is 15.2. The van der Waals surface area contributed by atoms with Gasteiger partial charge in [-0.1, -0.05) is 54.1 Å². The average molecular weight is 586 g/mol. The van der Waals surface area contributed by atoms with Crippen molar-refractivity contribution in [3.8, 4) is 0 Å². The van der Waals surface area contributed by atoms with E-state index in [-0.39, 0.29) is 42.3 Å². The summed E-state index contributed by atoms with van der Waals surface area (Å²) in [5, 5.41) is 2.11. The summed E-state index contributed by atoms with van der Waals surface area (Å²) in [6.45, 7) is 6.64. The number of hydrogen-bond acceptors (Lipinski definition) is 5. The fourth-order valence-corrected chi connectivity index (χ4v) is 6.96. The summed E-state index contributed by atoms with van der Waals surface area (Å²) < 4.78 is 34.7. The summed E-state index contributed by atoms with van der Waals surface area (Å²) in [4.78, 5) is 30.5. The maximum atomic E-state index is 14.1. The summed E-state index contributed by atoms with van der Waals surface area (Å²) in [6.07, 6.45) is 0.283. The van der Waals surface area contributed by atoms with Gasteiger partial charge in [-0.2, -0.15) is 4.31 Å². The lowest BCUT2D eigenvalue weighted by Crippen LogP contribution is -2.52. The Hall–Kier alpha value is -2.98. The lowest BCUT2D eigenvalue weighted by molar-refractivity contribution is -0.145. The second-order valence-electron chi connectivity index (χ2n) is 10.3. The fourth-order valence-electron chi connectivity index (χ4n) is 5.14. The van der Waals surface area contributed by atoms with Crippen molar-refractivity contribution in [3.05, 3.63) is 77.3 Å². The van der Waals surface area contributed by atoms with Crippen LogP contribution in [0.25, 0.3) is 10.8 Å². The maximum Gasteiger partial charge on any atom is 0.245 e. The van der Waals surface area contributed by atoms with Gasteiger partial charge in [0, 0.05) is 37.8 Å². The van der Waals surface area contributed by atoms with Gasteiger partial charge in [-0.05, 0) is 67.8 Å². The molecule has 0 bridgehead atoms. The molecule has 0 saturated carbocycles. The van der Waals surface area contributed by atoms with Crippen molar-refractivity contribution < 1.29 is 22.7 Å². The minimum Gasteiger partial charge on any atom is -0.383 e. The van der Waals surface area contributed by atoms with Crippen LogP contribution >= 0.6 is 11.6 Å². The van der Waals surface area contributed by atoms with Crippen LogP contribution in [0.3, 0.4) is 0 Å². The van der Waals surface area contributed by atoms with Crippen molar-refractivity contribution in [2.45, 2.75) is 56.8 Å². The van der Waals surface area contributed by atoms with Crippen molar-refractivity contribution in [1.29, 1.82) is 0 Å². The van der Waals surface area contributed by atoms with E-state index in [9.17, 15) is 18.0 Å². The van der Waals surface area contributed by atoms with Crippen LogP contribution < -0.4 is 0 Å². The van der Waals surface area contributed by atoms with Gasteiger partial charge < -0.3 is 14.5 Å². The average Bonchev–Trinajstić information content (AvgIpc) is 3.31. The third-order valence-electron chi connectivity index (χ3n) is 7.39. The molecule has 1 aliphatic heterocycles. The van der Waals surface area contributed by atoms with Crippen LogP contribution in [0.2, 0.25) is 5.02 Å². The Labute approximate surface area is 241 Å². The van der Waals surface area contributed by atoms with E-state index in [1.165, 1.54) is 9.21 Å². The molecule has 1 fully saturated rings. The SMILES string of the molecule is COCCN(C(=O)[C@H](C)N1CC[C@H](N(Cc2ccccc2)S(=O)(=O)c2ccc3cc(Cl)ccc3c2)C1=O)C(C)C. The number of nitrogens with zero attached hydrogens (tertiary/aromatic N) is 3. The predicted molar refractivity (Wildman–Crippen MR) is 156 cm³/mol. The van der Waals surface area contributed by atoms with E-state index in [4.69, 9.17) is 16.3 Å². The van der Waals surface area contributed by atoms with Crippen LogP contribution in [-0.4, -0.2) is 79.3 Å². The Balaban J connectivity index is 1.66.